The van der Waals surface area contributed by atoms with Crippen molar-refractivity contribution in [1.29, 1.82) is 0 Å². The van der Waals surface area contributed by atoms with E-state index in [0.29, 0.717) is 24.5 Å². The maximum atomic E-state index is 13.9. The van der Waals surface area contributed by atoms with E-state index < -0.39 is 5.54 Å². The molecule has 3 aromatic rings. The van der Waals surface area contributed by atoms with Gasteiger partial charge >= 0.3 is 0 Å². The first kappa shape index (κ1) is 23.8. The number of amides is 2. The van der Waals surface area contributed by atoms with Gasteiger partial charge in [-0.3, -0.25) is 9.59 Å². The Kier molecular flexibility index (Phi) is 6.78. The third-order valence-electron chi connectivity index (χ3n) is 7.46. The molecule has 1 N–H and O–H groups in total. The van der Waals surface area contributed by atoms with Gasteiger partial charge in [-0.1, -0.05) is 37.8 Å². The van der Waals surface area contributed by atoms with Crippen molar-refractivity contribution in [2.75, 3.05) is 6.26 Å². The number of nitrogens with zero attached hydrogens (tertiary/aromatic N) is 2. The van der Waals surface area contributed by atoms with E-state index in [4.69, 9.17) is 4.42 Å². The molecule has 1 fully saturated rings. The summed E-state index contributed by atoms with van der Waals surface area (Å²) in [7, 11) is 0. The number of thioether (sulfide) groups is 1. The molecule has 1 atom stereocenters. The third-order valence-corrected chi connectivity index (χ3v) is 8.20. The lowest BCUT2D eigenvalue weighted by molar-refractivity contribution is -0.134. The van der Waals surface area contributed by atoms with Crippen LogP contribution in [0.1, 0.15) is 61.5 Å². The van der Waals surface area contributed by atoms with Crippen LogP contribution in [-0.2, 0) is 17.9 Å². The number of rotatable bonds is 6. The van der Waals surface area contributed by atoms with E-state index in [0.717, 1.165) is 36.9 Å². The van der Waals surface area contributed by atoms with Gasteiger partial charge in [0.2, 0.25) is 5.91 Å². The van der Waals surface area contributed by atoms with E-state index in [1.807, 2.05) is 54.1 Å². The fourth-order valence-electron chi connectivity index (χ4n) is 5.34. The molecule has 0 spiro atoms. The van der Waals surface area contributed by atoms with Gasteiger partial charge in [-0.05, 0) is 68.0 Å². The standard InChI is InChI=1S/C28H33N3O3S/c1-28(27(33)29-21-8-5-3-4-6-9-21)19-30-23(25-10-7-17-34-25)15-16-24(30)26(32)31(28)18-20-11-13-22(35-2)14-12-20/h7,10-17,21H,3-6,8-9,18-19H2,1-2H3,(H,29,33)/t28-/m0/s1. The number of hydrogen-bond donors (Lipinski definition) is 1. The molecule has 0 bridgehead atoms. The van der Waals surface area contributed by atoms with Crippen LogP contribution in [0.5, 0.6) is 0 Å². The van der Waals surface area contributed by atoms with Gasteiger partial charge in [-0.2, -0.15) is 0 Å². The zero-order chi connectivity index (χ0) is 24.4. The Labute approximate surface area is 211 Å². The Balaban J connectivity index is 1.50. The molecule has 184 valence electrons. The Morgan fingerprint density at radius 3 is 2.43 bits per heavy atom. The summed E-state index contributed by atoms with van der Waals surface area (Å²) in [6.45, 7) is 2.66. The van der Waals surface area contributed by atoms with Gasteiger partial charge in [0.25, 0.3) is 5.91 Å². The molecule has 5 rings (SSSR count). The minimum Gasteiger partial charge on any atom is -0.463 e. The molecule has 1 saturated carbocycles. The van der Waals surface area contributed by atoms with Gasteiger partial charge in [0.05, 0.1) is 18.5 Å². The van der Waals surface area contributed by atoms with Crippen molar-refractivity contribution < 1.29 is 14.0 Å². The summed E-state index contributed by atoms with van der Waals surface area (Å²) >= 11 is 1.69. The molecule has 1 aliphatic heterocycles. The van der Waals surface area contributed by atoms with Gasteiger partial charge in [0.15, 0.2) is 0 Å². The van der Waals surface area contributed by atoms with Crippen LogP contribution in [0.25, 0.3) is 11.5 Å². The summed E-state index contributed by atoms with van der Waals surface area (Å²) in [5.41, 5.74) is 1.37. The normalized spacial score (nSPS) is 21.0. The summed E-state index contributed by atoms with van der Waals surface area (Å²) in [6, 6.07) is 15.9. The average molecular weight is 492 g/mol. The number of furan rings is 1. The first-order valence-electron chi connectivity index (χ1n) is 12.5. The highest BCUT2D eigenvalue weighted by molar-refractivity contribution is 7.98. The van der Waals surface area contributed by atoms with Crippen LogP contribution < -0.4 is 5.32 Å². The molecule has 0 radical (unpaired) electrons. The second kappa shape index (κ2) is 9.97. The lowest BCUT2D eigenvalue weighted by atomic mass is 9.92. The van der Waals surface area contributed by atoms with Crippen LogP contribution >= 0.6 is 11.8 Å². The minimum atomic E-state index is -1.03. The van der Waals surface area contributed by atoms with Crippen LogP contribution in [0, 0.1) is 0 Å². The monoisotopic (exact) mass is 491 g/mol. The number of benzene rings is 1. The summed E-state index contributed by atoms with van der Waals surface area (Å²) < 4.78 is 7.58. The Hall–Kier alpha value is -2.93. The highest BCUT2D eigenvalue weighted by Gasteiger charge is 2.48. The van der Waals surface area contributed by atoms with Crippen molar-refractivity contribution in [3.05, 3.63) is 66.1 Å². The summed E-state index contributed by atoms with van der Waals surface area (Å²) in [4.78, 5) is 30.7. The quantitative estimate of drug-likeness (QED) is 0.354. The van der Waals surface area contributed by atoms with E-state index in [1.165, 1.54) is 17.7 Å². The molecular weight excluding hydrogens is 458 g/mol. The van der Waals surface area contributed by atoms with Gasteiger partial charge < -0.3 is 19.2 Å². The van der Waals surface area contributed by atoms with Crippen molar-refractivity contribution in [3.63, 3.8) is 0 Å². The van der Waals surface area contributed by atoms with Gasteiger partial charge in [0.1, 0.15) is 17.0 Å². The molecule has 2 aliphatic rings. The number of aromatic nitrogens is 1. The topological polar surface area (TPSA) is 67.5 Å². The molecule has 35 heavy (non-hydrogen) atoms. The first-order chi connectivity index (χ1) is 17.0. The third kappa shape index (κ3) is 4.66. The molecule has 1 aliphatic carbocycles. The number of carbonyl (C=O) groups excluding carboxylic acids is 2. The molecule has 0 saturated heterocycles. The highest BCUT2D eigenvalue weighted by atomic mass is 32.2. The van der Waals surface area contributed by atoms with Gasteiger partial charge in [-0.25, -0.2) is 0 Å². The average Bonchev–Trinajstić information content (AvgIpc) is 3.47. The second-order valence-electron chi connectivity index (χ2n) is 9.84. The van der Waals surface area contributed by atoms with Crippen LogP contribution in [0.2, 0.25) is 0 Å². The molecule has 2 aromatic heterocycles. The molecule has 2 amide bonds. The van der Waals surface area contributed by atoms with E-state index >= 15 is 0 Å². The maximum absolute atomic E-state index is 13.9. The van der Waals surface area contributed by atoms with Crippen molar-refractivity contribution in [3.8, 4) is 11.5 Å². The zero-order valence-electron chi connectivity index (χ0n) is 20.5. The second-order valence-corrected chi connectivity index (χ2v) is 10.7. The Bertz CT molecular complexity index is 1180. The maximum Gasteiger partial charge on any atom is 0.271 e. The minimum absolute atomic E-state index is 0.0803. The van der Waals surface area contributed by atoms with Crippen LogP contribution in [0.3, 0.4) is 0 Å². The van der Waals surface area contributed by atoms with E-state index in [2.05, 4.69) is 17.4 Å². The summed E-state index contributed by atoms with van der Waals surface area (Å²) in [5.74, 6) is 0.474. The Morgan fingerprint density at radius 2 is 1.77 bits per heavy atom. The number of hydrogen-bond acceptors (Lipinski definition) is 4. The summed E-state index contributed by atoms with van der Waals surface area (Å²) in [5, 5.41) is 3.33. The van der Waals surface area contributed by atoms with Gasteiger partial charge in [-0.15, -0.1) is 11.8 Å². The molecular formula is C28H33N3O3S. The van der Waals surface area contributed by atoms with Crippen molar-refractivity contribution in [2.24, 2.45) is 0 Å². The molecule has 1 aromatic carbocycles. The SMILES string of the molecule is CSc1ccc(CN2C(=O)c3ccc(-c4ccco4)n3C[C@@]2(C)C(=O)NC2CCCCCC2)cc1. The van der Waals surface area contributed by atoms with E-state index in [-0.39, 0.29) is 17.9 Å². The predicted octanol–water partition coefficient (Wildman–Crippen LogP) is 5.72. The zero-order valence-corrected chi connectivity index (χ0v) is 21.3. The predicted molar refractivity (Wildman–Crippen MR) is 138 cm³/mol. The van der Waals surface area contributed by atoms with E-state index in [9.17, 15) is 9.59 Å². The fraction of sp³-hybridized carbons (Fsp3) is 0.429. The lowest BCUT2D eigenvalue weighted by Gasteiger charge is -2.45. The van der Waals surface area contributed by atoms with E-state index in [1.54, 1.807) is 22.9 Å². The Morgan fingerprint density at radius 1 is 1.06 bits per heavy atom. The molecule has 0 unspecified atom stereocenters. The first-order valence-corrected chi connectivity index (χ1v) is 13.7. The number of nitrogens with one attached hydrogen (secondary N) is 1. The van der Waals surface area contributed by atoms with Crippen LogP contribution in [0.4, 0.5) is 0 Å². The van der Waals surface area contributed by atoms with Crippen LogP contribution in [-0.4, -0.2) is 39.1 Å². The largest absolute Gasteiger partial charge is 0.463 e. The number of fused-ring (bicyclic) bond motifs is 1. The van der Waals surface area contributed by atoms with Gasteiger partial charge in [0, 0.05) is 17.5 Å². The fourth-order valence-corrected chi connectivity index (χ4v) is 5.75. The van der Waals surface area contributed by atoms with Crippen molar-refractivity contribution in [2.45, 2.75) is 75.0 Å². The molecule has 7 heteroatoms. The van der Waals surface area contributed by atoms with Crippen molar-refractivity contribution >= 4 is 23.6 Å². The smallest absolute Gasteiger partial charge is 0.271 e. The number of carbonyl (C=O) groups is 2. The lowest BCUT2D eigenvalue weighted by Crippen LogP contribution is -2.64. The van der Waals surface area contributed by atoms with Crippen molar-refractivity contribution in [1.82, 2.24) is 14.8 Å². The van der Waals surface area contributed by atoms with Crippen LogP contribution in [0.15, 0.2) is 64.1 Å². The highest BCUT2D eigenvalue weighted by Crippen LogP contribution is 2.35. The molecule has 6 nitrogen and oxygen atoms in total. The molecule has 3 heterocycles. The summed E-state index contributed by atoms with van der Waals surface area (Å²) in [6.07, 6.45) is 10.4.